The fourth-order valence-corrected chi connectivity index (χ4v) is 4.26. The Morgan fingerprint density at radius 3 is 1.29 bits per heavy atom. The molecule has 118 valence electrons. The molecule has 0 bridgehead atoms. The van der Waals surface area contributed by atoms with E-state index in [-0.39, 0.29) is 31.3 Å². The van der Waals surface area contributed by atoms with Crippen molar-refractivity contribution in [2.24, 2.45) is 11.8 Å². The van der Waals surface area contributed by atoms with E-state index in [2.05, 4.69) is 31.9 Å². The second-order valence-electron chi connectivity index (χ2n) is 5.60. The van der Waals surface area contributed by atoms with Crippen LogP contribution in [0.25, 0.3) is 0 Å². The Bertz CT molecular complexity index is 309. The molecule has 0 aromatic carbocycles. The van der Waals surface area contributed by atoms with Crippen LogP contribution in [0, 0.1) is 11.8 Å². The molecule has 2 aliphatic carbocycles. The molecule has 2 fully saturated rings. The van der Waals surface area contributed by atoms with Gasteiger partial charge in [-0.3, -0.25) is 9.59 Å². The summed E-state index contributed by atoms with van der Waals surface area (Å²) in [5.74, 6) is -1.47. The molecule has 0 aromatic rings. The number of rotatable bonds is 2. The Balaban J connectivity index is 0.000000364. The van der Waals surface area contributed by atoms with Gasteiger partial charge in [-0.1, -0.05) is 44.7 Å². The molecule has 0 aliphatic heterocycles. The van der Waals surface area contributed by atoms with Crippen LogP contribution in [-0.2, 0) is 29.1 Å². The third-order valence-electron chi connectivity index (χ3n) is 3.92. The summed E-state index contributed by atoms with van der Waals surface area (Å²) in [5, 5.41) is 17.3. The quantitative estimate of drug-likeness (QED) is 0.463. The molecule has 0 heterocycles. The number of hydrogen-bond acceptors (Lipinski definition) is 2. The Morgan fingerprint density at radius 2 is 1.10 bits per heavy atom. The van der Waals surface area contributed by atoms with E-state index in [1.54, 1.807) is 0 Å². The number of hydrogen-bond donors (Lipinski definition) is 2. The maximum atomic E-state index is 10.5. The summed E-state index contributed by atoms with van der Waals surface area (Å²) in [6.07, 6.45) is 7.67. The van der Waals surface area contributed by atoms with Crippen molar-refractivity contribution in [3.05, 3.63) is 0 Å². The summed E-state index contributed by atoms with van der Waals surface area (Å²) in [6.45, 7) is 0. The predicted molar refractivity (Wildman–Crippen MR) is 84.6 cm³/mol. The number of carboxylic acids is 2. The first kappa shape index (κ1) is 21.5. The zero-order valence-electron chi connectivity index (χ0n) is 12.1. The molecule has 4 nitrogen and oxygen atoms in total. The average molecular weight is 480 g/mol. The second kappa shape index (κ2) is 11.1. The van der Waals surface area contributed by atoms with Crippen molar-refractivity contribution in [1.82, 2.24) is 0 Å². The molecular formula is C14H22Br2O4Zn. The molecule has 0 spiro atoms. The van der Waals surface area contributed by atoms with Gasteiger partial charge in [0.1, 0.15) is 0 Å². The van der Waals surface area contributed by atoms with Crippen LogP contribution < -0.4 is 0 Å². The van der Waals surface area contributed by atoms with E-state index in [0.29, 0.717) is 9.65 Å². The van der Waals surface area contributed by atoms with Crippen LogP contribution in [0.5, 0.6) is 0 Å². The van der Waals surface area contributed by atoms with Gasteiger partial charge in [0.2, 0.25) is 0 Å². The number of aliphatic carboxylic acids is 2. The molecule has 7 heteroatoms. The van der Waals surface area contributed by atoms with Gasteiger partial charge in [0.15, 0.2) is 0 Å². The van der Waals surface area contributed by atoms with Crippen molar-refractivity contribution in [3.63, 3.8) is 0 Å². The standard InChI is InChI=1S/2C7H11BrO2.Zn/c2*8-6-3-1-2-5(4-6)7(9)10;/h2*5-6H,1-4H2,(H,9,10);. The van der Waals surface area contributed by atoms with E-state index in [0.717, 1.165) is 51.4 Å². The van der Waals surface area contributed by atoms with Crippen molar-refractivity contribution in [3.8, 4) is 0 Å². The van der Waals surface area contributed by atoms with Gasteiger partial charge in [-0.2, -0.15) is 0 Å². The summed E-state index contributed by atoms with van der Waals surface area (Å²) >= 11 is 6.87. The fourth-order valence-electron chi connectivity index (χ4n) is 2.71. The minimum absolute atomic E-state index is 0. The van der Waals surface area contributed by atoms with Crippen LogP contribution >= 0.6 is 31.9 Å². The van der Waals surface area contributed by atoms with Crippen LogP contribution in [0.15, 0.2) is 0 Å². The van der Waals surface area contributed by atoms with Gasteiger partial charge in [-0.05, 0) is 38.5 Å². The molecule has 0 radical (unpaired) electrons. The van der Waals surface area contributed by atoms with Gasteiger partial charge < -0.3 is 10.2 Å². The second-order valence-corrected chi connectivity index (χ2v) is 8.19. The smallest absolute Gasteiger partial charge is 0.306 e. The molecule has 2 rings (SSSR count). The van der Waals surface area contributed by atoms with Crippen molar-refractivity contribution in [2.45, 2.75) is 61.0 Å². The van der Waals surface area contributed by atoms with E-state index in [1.165, 1.54) is 0 Å². The van der Waals surface area contributed by atoms with Gasteiger partial charge in [0.25, 0.3) is 0 Å². The Labute approximate surface area is 155 Å². The summed E-state index contributed by atoms with van der Waals surface area (Å²) in [4.78, 5) is 21.8. The molecule has 2 N–H and O–H groups in total. The first-order valence-corrected chi connectivity index (χ1v) is 8.97. The van der Waals surface area contributed by atoms with E-state index in [4.69, 9.17) is 10.2 Å². The minimum Gasteiger partial charge on any atom is -0.481 e. The van der Waals surface area contributed by atoms with Crippen LogP contribution in [0.3, 0.4) is 0 Å². The summed E-state index contributed by atoms with van der Waals surface area (Å²) in [5.41, 5.74) is 0. The number of carbonyl (C=O) groups is 2. The summed E-state index contributed by atoms with van der Waals surface area (Å²) in [6, 6.07) is 0. The van der Waals surface area contributed by atoms with Gasteiger partial charge in [-0.25, -0.2) is 0 Å². The van der Waals surface area contributed by atoms with Gasteiger partial charge in [0.05, 0.1) is 11.8 Å². The Hall–Kier alpha value is 0.523. The SMILES string of the molecule is O=C(O)C1CCCC(Br)C1.O=C(O)C1CCCC(Br)C1.[Zn]. The molecule has 4 atom stereocenters. The minimum atomic E-state index is -0.635. The zero-order chi connectivity index (χ0) is 15.1. The maximum absolute atomic E-state index is 10.5. The first-order valence-electron chi connectivity index (χ1n) is 7.14. The molecule has 0 amide bonds. The molecular weight excluding hydrogens is 457 g/mol. The average Bonchev–Trinajstić information content (AvgIpc) is 2.39. The third-order valence-corrected chi connectivity index (χ3v) is 5.58. The van der Waals surface area contributed by atoms with Crippen molar-refractivity contribution < 1.29 is 39.3 Å². The fraction of sp³-hybridized carbons (Fsp3) is 0.857. The first-order chi connectivity index (χ1) is 9.40. The molecule has 2 saturated carbocycles. The zero-order valence-corrected chi connectivity index (χ0v) is 18.3. The molecule has 0 aromatic heterocycles. The molecule has 21 heavy (non-hydrogen) atoms. The molecule has 0 saturated heterocycles. The Kier molecular flexibility index (Phi) is 11.4. The van der Waals surface area contributed by atoms with Gasteiger partial charge >= 0.3 is 11.9 Å². The van der Waals surface area contributed by atoms with Crippen molar-refractivity contribution in [1.29, 1.82) is 0 Å². The van der Waals surface area contributed by atoms with E-state index < -0.39 is 11.9 Å². The largest absolute Gasteiger partial charge is 0.481 e. The van der Waals surface area contributed by atoms with Crippen LogP contribution in [0.2, 0.25) is 0 Å². The number of carboxylic acid groups (broad SMARTS) is 2. The normalized spacial score (nSPS) is 32.1. The van der Waals surface area contributed by atoms with E-state index >= 15 is 0 Å². The summed E-state index contributed by atoms with van der Waals surface area (Å²) in [7, 11) is 0. The molecule has 4 unspecified atom stereocenters. The number of halogens is 2. The van der Waals surface area contributed by atoms with Crippen LogP contribution in [-0.4, -0.2) is 31.8 Å². The Morgan fingerprint density at radius 1 is 0.762 bits per heavy atom. The van der Waals surface area contributed by atoms with Crippen molar-refractivity contribution >= 4 is 43.8 Å². The maximum Gasteiger partial charge on any atom is 0.306 e. The van der Waals surface area contributed by atoms with Crippen LogP contribution in [0.4, 0.5) is 0 Å². The van der Waals surface area contributed by atoms with Crippen molar-refractivity contribution in [2.75, 3.05) is 0 Å². The summed E-state index contributed by atoms with van der Waals surface area (Å²) < 4.78 is 0. The topological polar surface area (TPSA) is 74.6 Å². The van der Waals surface area contributed by atoms with Gasteiger partial charge in [-0.15, -0.1) is 0 Å². The number of alkyl halides is 2. The third kappa shape index (κ3) is 8.66. The predicted octanol–water partition coefficient (Wildman–Crippen LogP) is 4.05. The van der Waals surface area contributed by atoms with E-state index in [9.17, 15) is 9.59 Å². The molecule has 2 aliphatic rings. The van der Waals surface area contributed by atoms with Crippen LogP contribution in [0.1, 0.15) is 51.4 Å². The van der Waals surface area contributed by atoms with Gasteiger partial charge in [0, 0.05) is 29.1 Å². The van der Waals surface area contributed by atoms with E-state index in [1.807, 2.05) is 0 Å². The monoisotopic (exact) mass is 476 g/mol.